The minimum absolute atomic E-state index is 0.157. The third-order valence-corrected chi connectivity index (χ3v) is 6.27. The summed E-state index contributed by atoms with van der Waals surface area (Å²) in [6.45, 7) is 5.60. The van der Waals surface area contributed by atoms with Gasteiger partial charge in [-0.3, -0.25) is 4.79 Å². The van der Waals surface area contributed by atoms with Gasteiger partial charge in [0.15, 0.2) is 21.9 Å². The Morgan fingerprint density at radius 3 is 2.39 bits per heavy atom. The molecule has 1 aromatic rings. The Labute approximate surface area is 137 Å². The van der Waals surface area contributed by atoms with Crippen LogP contribution >= 0.6 is 0 Å². The molecule has 1 aliphatic rings. The monoisotopic (exact) mass is 340 g/mol. The van der Waals surface area contributed by atoms with Crippen molar-refractivity contribution in [3.05, 3.63) is 30.3 Å². The highest BCUT2D eigenvalue weighted by Crippen LogP contribution is 2.36. The molecule has 3 atom stereocenters. The van der Waals surface area contributed by atoms with Crippen molar-refractivity contribution < 1.29 is 22.7 Å². The molecule has 6 heteroatoms. The highest BCUT2D eigenvalue weighted by atomic mass is 32.2. The van der Waals surface area contributed by atoms with Gasteiger partial charge < -0.3 is 9.47 Å². The van der Waals surface area contributed by atoms with Gasteiger partial charge >= 0.3 is 0 Å². The first-order valence-electron chi connectivity index (χ1n) is 7.67. The third-order valence-electron chi connectivity index (χ3n) is 4.11. The first kappa shape index (κ1) is 18.1. The minimum atomic E-state index is -3.82. The molecule has 1 heterocycles. The van der Waals surface area contributed by atoms with E-state index in [0.29, 0.717) is 13.0 Å². The zero-order valence-electron chi connectivity index (χ0n) is 14.0. The lowest BCUT2D eigenvalue weighted by molar-refractivity contribution is -0.134. The fourth-order valence-corrected chi connectivity index (χ4v) is 5.06. The molecule has 0 aliphatic carbocycles. The number of rotatable bonds is 5. The van der Waals surface area contributed by atoms with E-state index in [1.807, 2.05) is 0 Å². The van der Waals surface area contributed by atoms with E-state index in [9.17, 15) is 13.2 Å². The number of sulfone groups is 1. The summed E-state index contributed by atoms with van der Waals surface area (Å²) in [5.41, 5.74) is -0.770. The standard InChI is InChI=1S/C17H24O5S/c1-17(2,3)15(18)14(13-10-11-22-16(13)21-4)23(19,20)12-8-6-5-7-9-12/h5-9,13-14,16H,10-11H2,1-4H3/t13-,14-,16+/m0/s1. The van der Waals surface area contributed by atoms with Gasteiger partial charge in [-0.2, -0.15) is 0 Å². The van der Waals surface area contributed by atoms with Gasteiger partial charge in [-0.1, -0.05) is 39.0 Å². The number of ether oxygens (including phenoxy) is 2. The number of ketones is 1. The first-order chi connectivity index (χ1) is 10.7. The smallest absolute Gasteiger partial charge is 0.188 e. The van der Waals surface area contributed by atoms with E-state index in [-0.39, 0.29) is 10.7 Å². The third kappa shape index (κ3) is 3.65. The van der Waals surface area contributed by atoms with E-state index < -0.39 is 32.7 Å². The van der Waals surface area contributed by atoms with Crippen LogP contribution in [0.4, 0.5) is 0 Å². The van der Waals surface area contributed by atoms with Crippen molar-refractivity contribution in [1.82, 2.24) is 0 Å². The lowest BCUT2D eigenvalue weighted by atomic mass is 9.84. The van der Waals surface area contributed by atoms with Crippen LogP contribution in [0.15, 0.2) is 35.2 Å². The number of hydrogen-bond donors (Lipinski definition) is 0. The summed E-state index contributed by atoms with van der Waals surface area (Å²) in [6, 6.07) is 8.11. The molecule has 0 N–H and O–H groups in total. The van der Waals surface area contributed by atoms with Gasteiger partial charge in [0.1, 0.15) is 5.25 Å². The Morgan fingerprint density at radius 1 is 1.26 bits per heavy atom. The van der Waals surface area contributed by atoms with Gasteiger partial charge in [0.25, 0.3) is 0 Å². The second-order valence-corrected chi connectivity index (χ2v) is 8.89. The van der Waals surface area contributed by atoms with Crippen molar-refractivity contribution in [2.24, 2.45) is 11.3 Å². The summed E-state index contributed by atoms with van der Waals surface area (Å²) < 4.78 is 37.0. The van der Waals surface area contributed by atoms with E-state index in [1.165, 1.54) is 19.2 Å². The number of Topliss-reactive ketones (excluding diaryl/α,β-unsaturated/α-hetero) is 1. The number of methoxy groups -OCH3 is 1. The van der Waals surface area contributed by atoms with Crippen LogP contribution in [0.1, 0.15) is 27.2 Å². The molecule has 0 radical (unpaired) electrons. The quantitative estimate of drug-likeness (QED) is 0.823. The van der Waals surface area contributed by atoms with Gasteiger partial charge in [0.05, 0.1) is 11.5 Å². The van der Waals surface area contributed by atoms with Crippen molar-refractivity contribution >= 4 is 15.6 Å². The maximum absolute atomic E-state index is 13.1. The molecular weight excluding hydrogens is 316 g/mol. The number of benzene rings is 1. The molecule has 1 aliphatic heterocycles. The van der Waals surface area contributed by atoms with E-state index >= 15 is 0 Å². The highest BCUT2D eigenvalue weighted by Gasteiger charge is 2.49. The van der Waals surface area contributed by atoms with Gasteiger partial charge in [-0.25, -0.2) is 8.42 Å². The Kier molecular flexibility index (Phi) is 5.28. The lowest BCUT2D eigenvalue weighted by Gasteiger charge is -2.30. The number of hydrogen-bond acceptors (Lipinski definition) is 5. The van der Waals surface area contributed by atoms with Crippen LogP contribution in [0.5, 0.6) is 0 Å². The molecule has 1 fully saturated rings. The molecule has 0 aromatic heterocycles. The minimum Gasteiger partial charge on any atom is -0.356 e. The summed E-state index contributed by atoms with van der Waals surface area (Å²) in [5, 5.41) is -1.17. The number of carbonyl (C=O) groups excluding carboxylic acids is 1. The van der Waals surface area contributed by atoms with E-state index in [0.717, 1.165) is 0 Å². The molecular formula is C17H24O5S. The normalized spacial score (nSPS) is 23.7. The van der Waals surface area contributed by atoms with Crippen LogP contribution in [0.2, 0.25) is 0 Å². The fraction of sp³-hybridized carbons (Fsp3) is 0.588. The van der Waals surface area contributed by atoms with Crippen LogP contribution in [0.25, 0.3) is 0 Å². The van der Waals surface area contributed by atoms with E-state index in [4.69, 9.17) is 9.47 Å². The Morgan fingerprint density at radius 2 is 1.87 bits per heavy atom. The first-order valence-corrected chi connectivity index (χ1v) is 9.22. The molecule has 0 bridgehead atoms. The second kappa shape index (κ2) is 6.71. The summed E-state index contributed by atoms with van der Waals surface area (Å²) in [6.07, 6.45) is -0.193. The molecule has 128 valence electrons. The molecule has 1 aromatic carbocycles. The van der Waals surface area contributed by atoms with Crippen LogP contribution in [0.3, 0.4) is 0 Å². The SMILES string of the molecule is CO[C@@H]1OCC[C@H]1[C@@H](C(=O)C(C)(C)C)S(=O)(=O)c1ccccc1. The van der Waals surface area contributed by atoms with Crippen molar-refractivity contribution in [2.45, 2.75) is 43.6 Å². The predicted molar refractivity (Wildman–Crippen MR) is 86.7 cm³/mol. The highest BCUT2D eigenvalue weighted by molar-refractivity contribution is 7.92. The van der Waals surface area contributed by atoms with Crippen molar-refractivity contribution in [1.29, 1.82) is 0 Å². The molecule has 23 heavy (non-hydrogen) atoms. The maximum atomic E-state index is 13.1. The van der Waals surface area contributed by atoms with Crippen LogP contribution in [-0.4, -0.2) is 39.5 Å². The second-order valence-electron chi connectivity index (χ2n) is 6.82. The molecule has 0 amide bonds. The van der Waals surface area contributed by atoms with Crippen LogP contribution in [-0.2, 0) is 24.1 Å². The molecule has 1 saturated heterocycles. The summed E-state index contributed by atoms with van der Waals surface area (Å²) >= 11 is 0. The summed E-state index contributed by atoms with van der Waals surface area (Å²) in [4.78, 5) is 13.1. The molecule has 0 spiro atoms. The Bertz CT molecular complexity index is 645. The van der Waals surface area contributed by atoms with Crippen molar-refractivity contribution in [2.75, 3.05) is 13.7 Å². The largest absolute Gasteiger partial charge is 0.356 e. The van der Waals surface area contributed by atoms with Crippen LogP contribution in [0, 0.1) is 11.3 Å². The Balaban J connectivity index is 2.52. The lowest BCUT2D eigenvalue weighted by Crippen LogP contribution is -2.46. The Hall–Kier alpha value is -1.24. The van der Waals surface area contributed by atoms with Crippen molar-refractivity contribution in [3.63, 3.8) is 0 Å². The van der Waals surface area contributed by atoms with Gasteiger partial charge in [0, 0.05) is 18.4 Å². The van der Waals surface area contributed by atoms with Crippen LogP contribution < -0.4 is 0 Å². The van der Waals surface area contributed by atoms with E-state index in [1.54, 1.807) is 39.0 Å². The van der Waals surface area contributed by atoms with Gasteiger partial charge in [-0.15, -0.1) is 0 Å². The topological polar surface area (TPSA) is 69.7 Å². The van der Waals surface area contributed by atoms with Crippen molar-refractivity contribution in [3.8, 4) is 0 Å². The predicted octanol–water partition coefficient (Wildman–Crippen LogP) is 2.45. The van der Waals surface area contributed by atoms with Gasteiger partial charge in [0.2, 0.25) is 0 Å². The molecule has 2 rings (SSSR count). The average molecular weight is 340 g/mol. The molecule has 5 nitrogen and oxygen atoms in total. The molecule has 0 saturated carbocycles. The summed E-state index contributed by atoms with van der Waals surface area (Å²) in [5.74, 6) is -0.809. The van der Waals surface area contributed by atoms with E-state index in [2.05, 4.69) is 0 Å². The number of carbonyl (C=O) groups is 1. The molecule has 0 unspecified atom stereocenters. The zero-order valence-corrected chi connectivity index (χ0v) is 14.8. The fourth-order valence-electron chi connectivity index (χ4n) is 2.87. The maximum Gasteiger partial charge on any atom is 0.188 e. The zero-order chi connectivity index (χ0) is 17.3. The summed E-state index contributed by atoms with van der Waals surface area (Å²) in [7, 11) is -2.35. The average Bonchev–Trinajstić information content (AvgIpc) is 2.95. The van der Waals surface area contributed by atoms with Gasteiger partial charge in [-0.05, 0) is 18.6 Å².